The van der Waals surface area contributed by atoms with Crippen molar-refractivity contribution in [2.24, 2.45) is 5.73 Å². The van der Waals surface area contributed by atoms with E-state index in [0.717, 1.165) is 24.2 Å². The van der Waals surface area contributed by atoms with Gasteiger partial charge in [-0.3, -0.25) is 0 Å². The predicted octanol–water partition coefficient (Wildman–Crippen LogP) is 1.11. The Hall–Kier alpha value is -1.30. The van der Waals surface area contributed by atoms with Crippen LogP contribution >= 0.6 is 12.2 Å². The van der Waals surface area contributed by atoms with Crippen molar-refractivity contribution in [1.82, 2.24) is 15.2 Å². The number of nitrogens with zero attached hydrogens (tertiary/aromatic N) is 4. The van der Waals surface area contributed by atoms with E-state index >= 15 is 0 Å². The first-order valence-electron chi connectivity index (χ1n) is 5.80. The van der Waals surface area contributed by atoms with Crippen LogP contribution in [0, 0.1) is 0 Å². The molecule has 1 aromatic heterocycles. The van der Waals surface area contributed by atoms with E-state index < -0.39 is 0 Å². The van der Waals surface area contributed by atoms with Crippen LogP contribution in [0.15, 0.2) is 0 Å². The zero-order chi connectivity index (χ0) is 12.8. The van der Waals surface area contributed by atoms with E-state index in [0.29, 0.717) is 23.9 Å². The normalized spacial score (nSPS) is 10.3. The minimum atomic E-state index is 0.505. The van der Waals surface area contributed by atoms with Gasteiger partial charge in [0.1, 0.15) is 0 Å². The van der Waals surface area contributed by atoms with E-state index in [1.807, 2.05) is 11.9 Å². The zero-order valence-electron chi connectivity index (χ0n) is 10.6. The Bertz CT molecular complexity index is 393. The van der Waals surface area contributed by atoms with Gasteiger partial charge in [-0.1, -0.05) is 26.1 Å². The summed E-state index contributed by atoms with van der Waals surface area (Å²) >= 11 is 4.85. The van der Waals surface area contributed by atoms with Crippen molar-refractivity contribution in [3.05, 3.63) is 11.4 Å². The average Bonchev–Trinajstić information content (AvgIpc) is 2.34. The van der Waals surface area contributed by atoms with Crippen molar-refractivity contribution in [2.45, 2.75) is 33.1 Å². The highest BCUT2D eigenvalue weighted by Crippen LogP contribution is 2.09. The van der Waals surface area contributed by atoms with Gasteiger partial charge < -0.3 is 10.6 Å². The smallest absolute Gasteiger partial charge is 0.245 e. The van der Waals surface area contributed by atoms with Crippen LogP contribution in [0.5, 0.6) is 0 Å². The highest BCUT2D eigenvalue weighted by Gasteiger charge is 2.09. The molecule has 1 heterocycles. The van der Waals surface area contributed by atoms with Gasteiger partial charge in [-0.25, -0.2) is 4.98 Å². The number of rotatable bonds is 6. The fourth-order valence-corrected chi connectivity index (χ4v) is 1.56. The minimum Gasteiger partial charge on any atom is -0.393 e. The van der Waals surface area contributed by atoms with Gasteiger partial charge in [-0.05, 0) is 12.8 Å². The molecule has 17 heavy (non-hydrogen) atoms. The lowest BCUT2D eigenvalue weighted by Gasteiger charge is -2.17. The summed E-state index contributed by atoms with van der Waals surface area (Å²) in [6, 6.07) is 0. The third-order valence-electron chi connectivity index (χ3n) is 2.53. The van der Waals surface area contributed by atoms with Crippen molar-refractivity contribution in [2.75, 3.05) is 18.5 Å². The molecule has 94 valence electrons. The van der Waals surface area contributed by atoms with E-state index in [1.165, 1.54) is 0 Å². The van der Waals surface area contributed by atoms with Gasteiger partial charge in [-0.15, -0.1) is 5.10 Å². The number of hydrogen-bond donors (Lipinski definition) is 1. The van der Waals surface area contributed by atoms with E-state index in [1.54, 1.807) is 0 Å². The summed E-state index contributed by atoms with van der Waals surface area (Å²) in [5.41, 5.74) is 7.45. The van der Waals surface area contributed by atoms with Crippen LogP contribution in [0.3, 0.4) is 0 Å². The second-order valence-corrected chi connectivity index (χ2v) is 4.37. The lowest BCUT2D eigenvalue weighted by molar-refractivity contribution is 0.775. The molecular formula is C11H19N5S. The van der Waals surface area contributed by atoms with Crippen LogP contribution in [0.1, 0.15) is 31.7 Å². The summed E-state index contributed by atoms with van der Waals surface area (Å²) in [6.07, 6.45) is 2.39. The van der Waals surface area contributed by atoms with Crippen molar-refractivity contribution in [3.8, 4) is 0 Å². The molecule has 0 bridgehead atoms. The standard InChI is InChI=1S/C11H19N5S/c1-4-8-9(5-2)14-15-11(13-8)16(3)7-6-10(12)17/h4-7H2,1-3H3,(H2,12,17). The minimum absolute atomic E-state index is 0.505. The fraction of sp³-hybridized carbons (Fsp3) is 0.636. The Balaban J connectivity index is 2.80. The van der Waals surface area contributed by atoms with Gasteiger partial charge in [0, 0.05) is 20.0 Å². The van der Waals surface area contributed by atoms with Crippen molar-refractivity contribution >= 4 is 23.2 Å². The van der Waals surface area contributed by atoms with Crippen molar-refractivity contribution < 1.29 is 0 Å². The molecule has 6 heteroatoms. The monoisotopic (exact) mass is 253 g/mol. The summed E-state index contributed by atoms with van der Waals surface area (Å²) in [6.45, 7) is 4.84. The van der Waals surface area contributed by atoms with Crippen LogP contribution in [-0.4, -0.2) is 33.8 Å². The van der Waals surface area contributed by atoms with Gasteiger partial charge in [0.2, 0.25) is 5.95 Å². The maximum atomic E-state index is 5.47. The quantitative estimate of drug-likeness (QED) is 0.766. The molecule has 0 aromatic carbocycles. The predicted molar refractivity (Wildman–Crippen MR) is 73.3 cm³/mol. The second kappa shape index (κ2) is 6.44. The Morgan fingerprint density at radius 1 is 1.24 bits per heavy atom. The van der Waals surface area contributed by atoms with E-state index in [4.69, 9.17) is 18.0 Å². The lowest BCUT2D eigenvalue weighted by atomic mass is 10.2. The number of thiocarbonyl (C=S) groups is 1. The summed E-state index contributed by atoms with van der Waals surface area (Å²) in [4.78, 5) is 6.93. The summed E-state index contributed by atoms with van der Waals surface area (Å²) < 4.78 is 0. The summed E-state index contributed by atoms with van der Waals surface area (Å²) in [7, 11) is 1.92. The van der Waals surface area contributed by atoms with E-state index in [-0.39, 0.29) is 0 Å². The molecule has 1 rings (SSSR count). The zero-order valence-corrected chi connectivity index (χ0v) is 11.4. The largest absolute Gasteiger partial charge is 0.393 e. The number of aryl methyl sites for hydroxylation is 2. The van der Waals surface area contributed by atoms with Crippen LogP contribution in [0.25, 0.3) is 0 Å². The molecule has 0 aliphatic heterocycles. The van der Waals surface area contributed by atoms with Gasteiger partial charge in [0.05, 0.1) is 16.4 Å². The van der Waals surface area contributed by atoms with Gasteiger partial charge >= 0.3 is 0 Å². The highest BCUT2D eigenvalue weighted by atomic mass is 32.1. The number of nitrogens with two attached hydrogens (primary N) is 1. The lowest BCUT2D eigenvalue weighted by Crippen LogP contribution is -2.26. The fourth-order valence-electron chi connectivity index (χ4n) is 1.47. The molecule has 0 aliphatic rings. The molecule has 0 saturated carbocycles. The molecule has 0 fully saturated rings. The third-order valence-corrected chi connectivity index (χ3v) is 2.74. The van der Waals surface area contributed by atoms with Crippen molar-refractivity contribution in [1.29, 1.82) is 0 Å². The van der Waals surface area contributed by atoms with Crippen molar-refractivity contribution in [3.63, 3.8) is 0 Å². The van der Waals surface area contributed by atoms with Gasteiger partial charge in [-0.2, -0.15) is 5.10 Å². The number of hydrogen-bond acceptors (Lipinski definition) is 5. The Morgan fingerprint density at radius 3 is 2.41 bits per heavy atom. The maximum Gasteiger partial charge on any atom is 0.245 e. The van der Waals surface area contributed by atoms with Crippen LogP contribution in [-0.2, 0) is 12.8 Å². The van der Waals surface area contributed by atoms with E-state index in [9.17, 15) is 0 Å². The molecule has 5 nitrogen and oxygen atoms in total. The number of anilines is 1. The molecule has 0 amide bonds. The molecule has 0 saturated heterocycles. The first-order valence-corrected chi connectivity index (χ1v) is 6.21. The number of aromatic nitrogens is 3. The van der Waals surface area contributed by atoms with E-state index in [2.05, 4.69) is 29.0 Å². The topological polar surface area (TPSA) is 67.9 Å². The molecule has 0 spiro atoms. The second-order valence-electron chi connectivity index (χ2n) is 3.85. The van der Waals surface area contributed by atoms with Gasteiger partial charge in [0.25, 0.3) is 0 Å². The Labute approximate surface area is 107 Å². The van der Waals surface area contributed by atoms with Crippen LogP contribution < -0.4 is 10.6 Å². The molecule has 0 atom stereocenters. The molecule has 2 N–H and O–H groups in total. The highest BCUT2D eigenvalue weighted by molar-refractivity contribution is 7.80. The average molecular weight is 253 g/mol. The maximum absolute atomic E-state index is 5.47. The molecular weight excluding hydrogens is 234 g/mol. The summed E-state index contributed by atoms with van der Waals surface area (Å²) in [5, 5.41) is 8.31. The molecule has 0 unspecified atom stereocenters. The third kappa shape index (κ3) is 3.89. The first-order chi connectivity index (χ1) is 8.08. The van der Waals surface area contributed by atoms with Gasteiger partial charge in [0.15, 0.2) is 0 Å². The SMILES string of the molecule is CCc1nnc(N(C)CCC(N)=S)nc1CC. The Kier molecular flexibility index (Phi) is 5.21. The van der Waals surface area contributed by atoms with Crippen LogP contribution in [0.2, 0.25) is 0 Å². The molecule has 0 radical (unpaired) electrons. The molecule has 0 aliphatic carbocycles. The van der Waals surface area contributed by atoms with Crippen LogP contribution in [0.4, 0.5) is 5.95 Å². The first kappa shape index (κ1) is 13.8. The summed E-state index contributed by atoms with van der Waals surface area (Å²) in [5.74, 6) is 0.635. The molecule has 1 aromatic rings. The Morgan fingerprint density at radius 2 is 1.88 bits per heavy atom.